The van der Waals surface area contributed by atoms with Crippen molar-refractivity contribution in [3.63, 3.8) is 0 Å². The predicted molar refractivity (Wildman–Crippen MR) is 152 cm³/mol. The highest BCUT2D eigenvalue weighted by atomic mass is 32.2. The van der Waals surface area contributed by atoms with Crippen molar-refractivity contribution in [1.82, 2.24) is 25.4 Å². The van der Waals surface area contributed by atoms with Gasteiger partial charge >= 0.3 is 5.97 Å². The van der Waals surface area contributed by atoms with Crippen LogP contribution in [0, 0.1) is 0 Å². The Bertz CT molecular complexity index is 1730. The van der Waals surface area contributed by atoms with Crippen LogP contribution in [0.4, 0.5) is 5.13 Å². The molecule has 2 aliphatic heterocycles. The second-order valence-corrected chi connectivity index (χ2v) is 13.0. The number of nitrogens with zero attached hydrogens (tertiary/aromatic N) is 5. The topological polar surface area (TPSA) is 246 Å². The van der Waals surface area contributed by atoms with Gasteiger partial charge in [0.1, 0.15) is 29.9 Å². The summed E-state index contributed by atoms with van der Waals surface area (Å²) in [4.78, 5) is 48.0. The normalized spacial score (nSPS) is 18.9. The van der Waals surface area contributed by atoms with Crippen LogP contribution in [-0.2, 0) is 29.2 Å². The number of oxime groups is 1. The number of carbonyl (C=O) groups excluding carboxylic acids is 2. The number of hydrogen-bond donors (Lipinski definition) is 4. The van der Waals surface area contributed by atoms with Crippen molar-refractivity contribution in [3.05, 3.63) is 46.6 Å². The van der Waals surface area contributed by atoms with E-state index in [1.165, 1.54) is 48.5 Å². The first-order chi connectivity index (χ1) is 20.0. The minimum absolute atomic E-state index is 0.0721. The molecular weight excluding hydrogens is 633 g/mol. The highest BCUT2D eigenvalue weighted by molar-refractivity contribution is 8.01. The zero-order valence-corrected chi connectivity index (χ0v) is 24.6. The molecule has 0 saturated carbocycles. The zero-order valence-electron chi connectivity index (χ0n) is 21.3. The Morgan fingerprint density at radius 2 is 2.05 bits per heavy atom. The van der Waals surface area contributed by atoms with Crippen LogP contribution in [0.3, 0.4) is 0 Å². The number of aliphatic carboxylic acids is 1. The van der Waals surface area contributed by atoms with Gasteiger partial charge < -0.3 is 25.4 Å². The van der Waals surface area contributed by atoms with E-state index >= 15 is 0 Å². The van der Waals surface area contributed by atoms with Crippen LogP contribution in [0.2, 0.25) is 0 Å². The molecule has 4 heterocycles. The highest BCUT2D eigenvalue weighted by Gasteiger charge is 2.54. The second-order valence-electron chi connectivity index (χ2n) is 8.54. The van der Waals surface area contributed by atoms with E-state index in [1.54, 1.807) is 0 Å². The molecule has 2 amide bonds. The van der Waals surface area contributed by atoms with Crippen LogP contribution in [0.15, 0.2) is 60.6 Å². The van der Waals surface area contributed by atoms with Gasteiger partial charge in [-0.15, -0.1) is 33.3 Å². The molecule has 0 bridgehead atoms. The monoisotopic (exact) mass is 652 g/mol. The summed E-state index contributed by atoms with van der Waals surface area (Å²) in [7, 11) is -2.60. The number of amides is 2. The summed E-state index contributed by atoms with van der Waals surface area (Å²) >= 11 is 3.46. The summed E-state index contributed by atoms with van der Waals surface area (Å²) in [5, 5.41) is 30.4. The van der Waals surface area contributed by atoms with Crippen molar-refractivity contribution in [2.24, 2.45) is 10.3 Å². The molecule has 1 fully saturated rings. The van der Waals surface area contributed by atoms with Crippen molar-refractivity contribution < 1.29 is 37.2 Å². The third-order valence-corrected chi connectivity index (χ3v) is 9.75. The Balaban J connectivity index is 1.27. The fourth-order valence-corrected chi connectivity index (χ4v) is 7.33. The van der Waals surface area contributed by atoms with E-state index in [2.05, 4.69) is 25.7 Å². The standard InChI is InChI=1S/C22H20N8O8S4/c1-37-29-13(12-8-40-21(23)25-12)16(31)26-14-18(32)30-15(20(33)34)10(6-39-19(14)30)7-41-22-28-27-17(38-22)9-2-4-11(5-3-9)42(24,35)36/h2-5,8,14,19H,6-7H2,1H3,(H2,23,25)(H,26,31)(H,33,34)(H2,24,35,36)/t14-,19+/m1/s1. The fourth-order valence-electron chi connectivity index (χ4n) is 4.02. The molecule has 2 atom stereocenters. The molecule has 220 valence electrons. The number of fused-ring (bicyclic) bond motifs is 1. The Morgan fingerprint density at radius 1 is 1.31 bits per heavy atom. The largest absolute Gasteiger partial charge is 0.477 e. The Labute approximate surface area is 249 Å². The van der Waals surface area contributed by atoms with Gasteiger partial charge in [0.25, 0.3) is 17.0 Å². The number of thioether (sulfide) groups is 2. The number of β-lactam (4-membered cyclic amide) rings is 1. The van der Waals surface area contributed by atoms with E-state index in [0.29, 0.717) is 11.1 Å². The van der Waals surface area contributed by atoms with Crippen molar-refractivity contribution in [3.8, 4) is 11.5 Å². The number of sulfonamides is 1. The van der Waals surface area contributed by atoms with Gasteiger partial charge in [-0.3, -0.25) is 14.5 Å². The molecule has 0 unspecified atom stereocenters. The van der Waals surface area contributed by atoms with E-state index in [-0.39, 0.29) is 49.7 Å². The lowest BCUT2D eigenvalue weighted by Gasteiger charge is -2.49. The number of primary sulfonamides is 1. The number of nitrogens with two attached hydrogens (primary N) is 2. The van der Waals surface area contributed by atoms with Gasteiger partial charge in [0.15, 0.2) is 10.8 Å². The van der Waals surface area contributed by atoms with Crippen LogP contribution in [0.5, 0.6) is 0 Å². The maximum atomic E-state index is 13.0. The molecule has 2 aliphatic rings. The van der Waals surface area contributed by atoms with Crippen LogP contribution < -0.4 is 16.2 Å². The lowest BCUT2D eigenvalue weighted by molar-refractivity contribution is -0.150. The Kier molecular flexibility index (Phi) is 8.23. The molecule has 16 nitrogen and oxygen atoms in total. The summed E-state index contributed by atoms with van der Waals surface area (Å²) in [5.74, 6) is -2.11. The number of hydrogen-bond acceptors (Lipinski definition) is 15. The number of nitrogens with one attached hydrogen (secondary N) is 1. The molecule has 2 aromatic heterocycles. The molecule has 6 N–H and O–H groups in total. The molecule has 1 aromatic carbocycles. The molecule has 0 spiro atoms. The summed E-state index contributed by atoms with van der Waals surface area (Å²) in [5.41, 5.74) is 6.36. The predicted octanol–water partition coefficient (Wildman–Crippen LogP) is 0.304. The number of carboxylic acid groups (broad SMARTS) is 1. The maximum absolute atomic E-state index is 13.0. The van der Waals surface area contributed by atoms with Gasteiger partial charge in [-0.2, -0.15) is 0 Å². The third kappa shape index (κ3) is 5.83. The summed E-state index contributed by atoms with van der Waals surface area (Å²) in [6, 6.07) is 4.54. The Hall–Kier alpha value is -3.98. The third-order valence-electron chi connectivity index (χ3n) is 5.90. The highest BCUT2D eigenvalue weighted by Crippen LogP contribution is 2.41. The summed E-state index contributed by atoms with van der Waals surface area (Å²) in [6.45, 7) is 0. The molecular formula is C22H20N8O8S4. The van der Waals surface area contributed by atoms with Gasteiger partial charge in [0.05, 0.1) is 4.90 Å². The van der Waals surface area contributed by atoms with Gasteiger partial charge in [-0.1, -0.05) is 16.9 Å². The van der Waals surface area contributed by atoms with Crippen molar-refractivity contribution in [2.75, 3.05) is 24.3 Å². The van der Waals surface area contributed by atoms with Crippen molar-refractivity contribution in [1.29, 1.82) is 0 Å². The van der Waals surface area contributed by atoms with Gasteiger partial charge in [0, 0.05) is 22.4 Å². The number of aromatic nitrogens is 3. The number of carbonyl (C=O) groups is 3. The first-order valence-electron chi connectivity index (χ1n) is 11.6. The first-order valence-corrected chi connectivity index (χ1v) is 16.1. The lowest BCUT2D eigenvalue weighted by Crippen LogP contribution is -2.71. The van der Waals surface area contributed by atoms with Crippen LogP contribution in [-0.4, -0.2) is 87.1 Å². The van der Waals surface area contributed by atoms with Gasteiger partial charge in [-0.25, -0.2) is 23.3 Å². The first kappa shape index (κ1) is 29.5. The summed E-state index contributed by atoms with van der Waals surface area (Å²) in [6.07, 6.45) is 0. The molecule has 42 heavy (non-hydrogen) atoms. The smallest absolute Gasteiger partial charge is 0.352 e. The fraction of sp³-hybridized carbons (Fsp3) is 0.227. The number of thiazole rings is 1. The summed E-state index contributed by atoms with van der Waals surface area (Å²) < 4.78 is 28.5. The van der Waals surface area contributed by atoms with Crippen molar-refractivity contribution >= 4 is 73.5 Å². The molecule has 5 rings (SSSR count). The molecule has 0 aliphatic carbocycles. The number of benzene rings is 1. The lowest BCUT2D eigenvalue weighted by atomic mass is 10.0. The van der Waals surface area contributed by atoms with Gasteiger partial charge in [-0.05, 0) is 29.8 Å². The minimum atomic E-state index is -3.86. The average molecular weight is 653 g/mol. The van der Waals surface area contributed by atoms with E-state index in [1.807, 2.05) is 0 Å². The molecule has 1 saturated heterocycles. The number of anilines is 1. The maximum Gasteiger partial charge on any atom is 0.352 e. The van der Waals surface area contributed by atoms with E-state index in [9.17, 15) is 27.9 Å². The number of nitrogen functional groups attached to an aromatic ring is 1. The zero-order chi connectivity index (χ0) is 30.2. The number of carboxylic acids is 1. The molecule has 20 heteroatoms. The van der Waals surface area contributed by atoms with Crippen molar-refractivity contribution in [2.45, 2.75) is 21.5 Å². The second kappa shape index (κ2) is 11.7. The average Bonchev–Trinajstić information content (AvgIpc) is 3.61. The Morgan fingerprint density at radius 3 is 2.67 bits per heavy atom. The van der Waals surface area contributed by atoms with Crippen LogP contribution in [0.25, 0.3) is 11.5 Å². The molecule has 0 radical (unpaired) electrons. The van der Waals surface area contributed by atoms with Crippen LogP contribution in [0.1, 0.15) is 5.69 Å². The van der Waals surface area contributed by atoms with E-state index in [0.717, 1.165) is 28.0 Å². The van der Waals surface area contributed by atoms with Gasteiger partial charge in [0.2, 0.25) is 15.9 Å². The SMILES string of the molecule is CON=C(C(=O)N[C@@H]1C(=O)N2C(C(=O)O)=C(CSc3nnc(-c4ccc(S(N)(=O)=O)cc4)o3)CS[C@@H]12)c1csc(N)n1. The number of rotatable bonds is 10. The minimum Gasteiger partial charge on any atom is -0.477 e. The molecule has 3 aromatic rings. The van der Waals surface area contributed by atoms with E-state index < -0.39 is 39.2 Å². The quantitative estimate of drug-likeness (QED) is 0.0996. The van der Waals surface area contributed by atoms with Crippen LogP contribution >= 0.6 is 34.9 Å². The van der Waals surface area contributed by atoms with E-state index in [4.69, 9.17) is 20.1 Å².